The van der Waals surface area contributed by atoms with Gasteiger partial charge in [0.05, 0.1) is 0 Å². The maximum absolute atomic E-state index is 3.59. The highest BCUT2D eigenvalue weighted by molar-refractivity contribution is 4.73. The summed E-state index contributed by atoms with van der Waals surface area (Å²) in [5.74, 6) is 2.07. The Kier molecular flexibility index (Phi) is 5.64. The van der Waals surface area contributed by atoms with E-state index in [0.717, 1.165) is 11.8 Å². The van der Waals surface area contributed by atoms with Crippen LogP contribution in [0.25, 0.3) is 0 Å². The van der Waals surface area contributed by atoms with Gasteiger partial charge in [-0.05, 0) is 76.5 Å². The first-order chi connectivity index (χ1) is 7.95. The normalized spacial score (nSPS) is 25.9. The van der Waals surface area contributed by atoms with Crippen molar-refractivity contribution in [3.63, 3.8) is 0 Å². The zero-order chi connectivity index (χ0) is 11.1. The van der Waals surface area contributed by atoms with Crippen molar-refractivity contribution in [2.75, 3.05) is 26.2 Å². The minimum atomic E-state index is 0.960. The molecule has 2 fully saturated rings. The van der Waals surface area contributed by atoms with Crippen LogP contribution in [0.4, 0.5) is 0 Å². The highest BCUT2D eigenvalue weighted by atomic mass is 14.9. The summed E-state index contributed by atoms with van der Waals surface area (Å²) in [5, 5.41) is 7.08. The lowest BCUT2D eigenvalue weighted by atomic mass is 9.95. The van der Waals surface area contributed by atoms with Crippen LogP contribution < -0.4 is 10.6 Å². The van der Waals surface area contributed by atoms with Gasteiger partial charge in [-0.1, -0.05) is 12.8 Å². The first-order valence-corrected chi connectivity index (χ1v) is 7.36. The van der Waals surface area contributed by atoms with Gasteiger partial charge < -0.3 is 10.6 Å². The van der Waals surface area contributed by atoms with Crippen LogP contribution in [0.1, 0.15) is 51.4 Å². The Bertz CT molecular complexity index is 172. The SMILES string of the molecule is C(CNCCCC1CCCNC1)CC1CC1. The van der Waals surface area contributed by atoms with Gasteiger partial charge in [-0.15, -0.1) is 0 Å². The fourth-order valence-corrected chi connectivity index (χ4v) is 2.73. The van der Waals surface area contributed by atoms with Crippen LogP contribution in [-0.2, 0) is 0 Å². The van der Waals surface area contributed by atoms with Gasteiger partial charge in [0, 0.05) is 0 Å². The second-order valence-corrected chi connectivity index (χ2v) is 5.69. The van der Waals surface area contributed by atoms with Crippen molar-refractivity contribution in [3.05, 3.63) is 0 Å². The van der Waals surface area contributed by atoms with Gasteiger partial charge >= 0.3 is 0 Å². The minimum Gasteiger partial charge on any atom is -0.317 e. The third-order valence-corrected chi connectivity index (χ3v) is 4.03. The van der Waals surface area contributed by atoms with Crippen molar-refractivity contribution < 1.29 is 0 Å². The summed E-state index contributed by atoms with van der Waals surface area (Å²) in [4.78, 5) is 0. The summed E-state index contributed by atoms with van der Waals surface area (Å²) in [5.41, 5.74) is 0. The molecule has 2 heteroatoms. The standard InChI is InChI=1S/C14H28N2/c1(4-13-7-8-13)9-15-10-2-5-14-6-3-11-16-12-14/h13-16H,1-12H2. The summed E-state index contributed by atoms with van der Waals surface area (Å²) in [6, 6.07) is 0. The van der Waals surface area contributed by atoms with Crippen LogP contribution in [0.5, 0.6) is 0 Å². The van der Waals surface area contributed by atoms with E-state index in [2.05, 4.69) is 10.6 Å². The molecule has 1 atom stereocenters. The molecule has 1 aliphatic carbocycles. The smallest absolute Gasteiger partial charge is 0.00205 e. The molecule has 1 saturated carbocycles. The number of piperidine rings is 1. The van der Waals surface area contributed by atoms with Crippen molar-refractivity contribution in [2.24, 2.45) is 11.8 Å². The molecule has 0 amide bonds. The molecular formula is C14H28N2. The van der Waals surface area contributed by atoms with E-state index in [1.54, 1.807) is 0 Å². The van der Waals surface area contributed by atoms with Crippen LogP contribution in [0.15, 0.2) is 0 Å². The summed E-state index contributed by atoms with van der Waals surface area (Å²) >= 11 is 0. The molecule has 0 aromatic carbocycles. The second-order valence-electron chi connectivity index (χ2n) is 5.69. The Morgan fingerprint density at radius 2 is 1.69 bits per heavy atom. The van der Waals surface area contributed by atoms with Crippen LogP contribution in [0, 0.1) is 11.8 Å². The molecule has 2 N–H and O–H groups in total. The van der Waals surface area contributed by atoms with E-state index >= 15 is 0 Å². The van der Waals surface area contributed by atoms with Crippen LogP contribution >= 0.6 is 0 Å². The molecule has 2 nitrogen and oxygen atoms in total. The number of hydrogen-bond donors (Lipinski definition) is 2. The molecule has 0 aromatic heterocycles. The van der Waals surface area contributed by atoms with Crippen molar-refractivity contribution in [1.82, 2.24) is 10.6 Å². The molecule has 16 heavy (non-hydrogen) atoms. The van der Waals surface area contributed by atoms with E-state index in [-0.39, 0.29) is 0 Å². The molecule has 94 valence electrons. The topological polar surface area (TPSA) is 24.1 Å². The zero-order valence-corrected chi connectivity index (χ0v) is 10.6. The van der Waals surface area contributed by atoms with E-state index in [4.69, 9.17) is 0 Å². The summed E-state index contributed by atoms with van der Waals surface area (Å²) in [6.07, 6.45) is 11.5. The van der Waals surface area contributed by atoms with E-state index in [9.17, 15) is 0 Å². The van der Waals surface area contributed by atoms with Crippen LogP contribution in [0.2, 0.25) is 0 Å². The van der Waals surface area contributed by atoms with Crippen LogP contribution in [0.3, 0.4) is 0 Å². The van der Waals surface area contributed by atoms with Gasteiger partial charge in [0.2, 0.25) is 0 Å². The quantitative estimate of drug-likeness (QED) is 0.619. The molecule has 0 spiro atoms. The predicted molar refractivity (Wildman–Crippen MR) is 69.7 cm³/mol. The van der Waals surface area contributed by atoms with Crippen LogP contribution in [-0.4, -0.2) is 26.2 Å². The van der Waals surface area contributed by atoms with Gasteiger partial charge in [0.15, 0.2) is 0 Å². The molecule has 0 aromatic rings. The van der Waals surface area contributed by atoms with Gasteiger partial charge in [-0.3, -0.25) is 0 Å². The minimum absolute atomic E-state index is 0.960. The van der Waals surface area contributed by atoms with E-state index in [1.807, 2.05) is 0 Å². The highest BCUT2D eigenvalue weighted by Crippen LogP contribution is 2.33. The number of nitrogens with one attached hydrogen (secondary N) is 2. The first-order valence-electron chi connectivity index (χ1n) is 7.36. The summed E-state index contributed by atoms with van der Waals surface area (Å²) < 4.78 is 0. The van der Waals surface area contributed by atoms with Crippen molar-refractivity contribution in [1.29, 1.82) is 0 Å². The Morgan fingerprint density at radius 1 is 0.938 bits per heavy atom. The lowest BCUT2D eigenvalue weighted by Crippen LogP contribution is -2.30. The molecule has 1 heterocycles. The van der Waals surface area contributed by atoms with Crippen molar-refractivity contribution in [3.8, 4) is 0 Å². The molecule has 0 radical (unpaired) electrons. The average molecular weight is 224 g/mol. The second kappa shape index (κ2) is 7.29. The molecule has 1 saturated heterocycles. The first kappa shape index (κ1) is 12.4. The lowest BCUT2D eigenvalue weighted by molar-refractivity contribution is 0.348. The van der Waals surface area contributed by atoms with Gasteiger partial charge in [-0.25, -0.2) is 0 Å². The largest absolute Gasteiger partial charge is 0.317 e. The zero-order valence-electron chi connectivity index (χ0n) is 10.6. The maximum atomic E-state index is 3.59. The number of rotatable bonds is 8. The summed E-state index contributed by atoms with van der Waals surface area (Å²) in [6.45, 7) is 5.00. The molecule has 1 aliphatic heterocycles. The molecular weight excluding hydrogens is 196 g/mol. The molecule has 2 aliphatic rings. The fourth-order valence-electron chi connectivity index (χ4n) is 2.73. The summed E-state index contributed by atoms with van der Waals surface area (Å²) in [7, 11) is 0. The number of hydrogen-bond acceptors (Lipinski definition) is 2. The van der Waals surface area contributed by atoms with Gasteiger partial charge in [0.1, 0.15) is 0 Å². The molecule has 1 unspecified atom stereocenters. The molecule has 0 bridgehead atoms. The van der Waals surface area contributed by atoms with E-state index < -0.39 is 0 Å². The maximum Gasteiger partial charge on any atom is -0.00205 e. The van der Waals surface area contributed by atoms with Gasteiger partial charge in [-0.2, -0.15) is 0 Å². The Labute approximate surface area is 101 Å². The third-order valence-electron chi connectivity index (χ3n) is 4.03. The monoisotopic (exact) mass is 224 g/mol. The Balaban J connectivity index is 1.33. The third kappa shape index (κ3) is 5.31. The van der Waals surface area contributed by atoms with E-state index in [0.29, 0.717) is 0 Å². The Morgan fingerprint density at radius 3 is 2.31 bits per heavy atom. The fraction of sp³-hybridized carbons (Fsp3) is 1.00. The molecule has 2 rings (SSSR count). The highest BCUT2D eigenvalue weighted by Gasteiger charge is 2.19. The van der Waals surface area contributed by atoms with Gasteiger partial charge in [0.25, 0.3) is 0 Å². The average Bonchev–Trinajstić information content (AvgIpc) is 3.13. The Hall–Kier alpha value is -0.0800. The lowest BCUT2D eigenvalue weighted by Gasteiger charge is -2.22. The predicted octanol–water partition coefficient (Wildman–Crippen LogP) is 2.55. The van der Waals surface area contributed by atoms with E-state index in [1.165, 1.54) is 77.5 Å². The van der Waals surface area contributed by atoms with Crippen molar-refractivity contribution in [2.45, 2.75) is 51.4 Å². The van der Waals surface area contributed by atoms with Crippen molar-refractivity contribution >= 4 is 0 Å².